The minimum Gasteiger partial charge on any atom is -0.392 e. The quantitative estimate of drug-likeness (QED) is 0.0196. The molecule has 0 bridgehead atoms. The lowest BCUT2D eigenvalue weighted by Crippen LogP contribution is -2.54. The number of likely N-dealkylation sites (tertiary alicyclic amines) is 1. The van der Waals surface area contributed by atoms with Crippen LogP contribution in [0.25, 0.3) is 21.7 Å². The van der Waals surface area contributed by atoms with Gasteiger partial charge >= 0.3 is 0 Å². The fourth-order valence-corrected chi connectivity index (χ4v) is 13.9. The van der Waals surface area contributed by atoms with Crippen LogP contribution in [-0.4, -0.2) is 210 Å². The molecule has 29 nitrogen and oxygen atoms in total. The van der Waals surface area contributed by atoms with Crippen molar-refractivity contribution >= 4 is 87.5 Å². The maximum atomic E-state index is 13.9. The summed E-state index contributed by atoms with van der Waals surface area (Å²) in [4.78, 5) is 155. The Hall–Kier alpha value is -9.46. The zero-order chi connectivity index (χ0) is 74.8. The number of hydrogen-bond acceptors (Lipinski definition) is 22. The number of aromatic nitrogens is 4. The van der Waals surface area contributed by atoms with Crippen LogP contribution in [0.1, 0.15) is 125 Å². The number of anilines is 3. The summed E-state index contributed by atoms with van der Waals surface area (Å²) in [6, 6.07) is 14.4. The van der Waals surface area contributed by atoms with Gasteiger partial charge in [-0.05, 0) is 98.8 Å². The molecule has 3 fully saturated rings. The molecule has 10 N–H and O–H groups in total. The molecule has 2 aromatic carbocycles. The first-order valence-electron chi connectivity index (χ1n) is 36.2. The molecule has 6 heterocycles. The van der Waals surface area contributed by atoms with Crippen LogP contribution in [-0.2, 0) is 70.3 Å². The number of ether oxygens (including phenoxy) is 3. The number of Topliss-reactive ketones (excluding diaryl/α,β-unsaturated/α-hetero) is 1. The van der Waals surface area contributed by atoms with Crippen LogP contribution in [0.4, 0.5) is 17.2 Å². The molecule has 1 unspecified atom stereocenters. The highest BCUT2D eigenvalue weighted by Gasteiger charge is 2.41. The number of carbonyl (C=O) groups is 10. The molecule has 9 amide bonds. The molecule has 105 heavy (non-hydrogen) atoms. The molecular formula is C75H99N15O14S. The number of benzene rings is 2. The summed E-state index contributed by atoms with van der Waals surface area (Å²) in [6.45, 7) is 11.8. The largest absolute Gasteiger partial charge is 0.392 e. The van der Waals surface area contributed by atoms with Gasteiger partial charge in [0.25, 0.3) is 17.7 Å². The number of aryl methyl sites for hydroxylation is 1. The molecule has 5 aromatic rings. The molecular weight excluding hydrogens is 1370 g/mol. The lowest BCUT2D eigenvalue weighted by molar-refractivity contribution is -0.138. The molecule has 30 heteroatoms. The van der Waals surface area contributed by atoms with Gasteiger partial charge < -0.3 is 67.2 Å². The first-order valence-corrected chi connectivity index (χ1v) is 37.1. The average Bonchev–Trinajstić information content (AvgIpc) is 1.16. The van der Waals surface area contributed by atoms with Crippen LogP contribution in [0, 0.1) is 24.2 Å². The molecule has 9 rings (SSSR count). The molecule has 1 aliphatic carbocycles. The molecule has 2 saturated heterocycles. The zero-order valence-corrected chi connectivity index (χ0v) is 61.1. The van der Waals surface area contributed by atoms with Gasteiger partial charge in [0, 0.05) is 101 Å². The van der Waals surface area contributed by atoms with Gasteiger partial charge in [-0.1, -0.05) is 75.7 Å². The molecule has 564 valence electrons. The van der Waals surface area contributed by atoms with Crippen LogP contribution < -0.4 is 47.9 Å². The van der Waals surface area contributed by atoms with Crippen LogP contribution >= 0.6 is 11.3 Å². The Balaban J connectivity index is 0.679. The van der Waals surface area contributed by atoms with Crippen molar-refractivity contribution in [3.8, 4) is 21.7 Å². The van der Waals surface area contributed by atoms with E-state index >= 15 is 0 Å². The molecule has 3 aromatic heterocycles. The third kappa shape index (κ3) is 24.3. The summed E-state index contributed by atoms with van der Waals surface area (Å²) in [5, 5.41) is 30.9. The van der Waals surface area contributed by atoms with Crippen molar-refractivity contribution in [3.05, 3.63) is 113 Å². The van der Waals surface area contributed by atoms with E-state index in [4.69, 9.17) is 19.9 Å². The number of nitrogens with one attached hydrogen (secondary N) is 7. The lowest BCUT2D eigenvalue weighted by Gasteiger charge is -2.32. The summed E-state index contributed by atoms with van der Waals surface area (Å²) in [5.74, 6) is -3.42. The predicted molar refractivity (Wildman–Crippen MR) is 394 cm³/mol. The van der Waals surface area contributed by atoms with Crippen LogP contribution in [0.15, 0.2) is 90.9 Å². The second-order valence-corrected chi connectivity index (χ2v) is 28.8. The second kappa shape index (κ2) is 39.6. The standard InChI is InChI=1S/C75H99N15O14S/c1-48-68(105-47-83-48)53-17-11-50(12-18-53)41-82-73(100)60-40-55(91)45-89(60)46-61(92)69(75(2,3)4)87-64(95)27-34-102-38-39-103-35-31-78-62(93)22-21-56(84-63(94)8-6-5-7-28-79-71(98)54-19-13-51(14-20-54)44-90-65(96)23-24-66(90)97)72(99)80-30-25-49-9-15-52(16-10-49)57-43-81-70(76)67(85-57)74(101)86-58-42-77-29-26-59(58)88-32-36-104-37-33-88/h9-12,15-18,23-24,26,29,42-43,47,51,54-56,60,69,91H,5-8,13-14,19-22,25,27-28,30-41,44-46H2,1-4H3,(H2,76,81)(H,78,93)(H,79,98)(H,80,99)(H,82,100)(H,84,94)(H,86,101)(H,87,95)/t51?,54?,55-,56?,60+,69-/m1/s1. The summed E-state index contributed by atoms with van der Waals surface area (Å²) in [6.07, 6.45) is 11.6. The van der Waals surface area contributed by atoms with Crippen LogP contribution in [0.2, 0.25) is 0 Å². The fraction of sp³-hybridized carbons (Fsp3) is 0.520. The van der Waals surface area contributed by atoms with Gasteiger partial charge in [-0.3, -0.25) is 62.7 Å². The smallest absolute Gasteiger partial charge is 0.278 e. The number of ketones is 1. The number of nitrogens with two attached hydrogens (primary N) is 1. The number of imide groups is 1. The minimum absolute atomic E-state index is 0.00142. The van der Waals surface area contributed by atoms with Gasteiger partial charge in [0.05, 0.1) is 110 Å². The highest BCUT2D eigenvalue weighted by molar-refractivity contribution is 7.13. The number of rotatable bonds is 38. The Bertz CT molecular complexity index is 3820. The number of amides is 9. The van der Waals surface area contributed by atoms with E-state index in [1.807, 2.05) is 82.3 Å². The third-order valence-corrected chi connectivity index (χ3v) is 20.0. The van der Waals surface area contributed by atoms with Gasteiger partial charge in [0.2, 0.25) is 35.4 Å². The summed E-state index contributed by atoms with van der Waals surface area (Å²) < 4.78 is 16.8. The molecule has 0 radical (unpaired) electrons. The van der Waals surface area contributed by atoms with Crippen LogP contribution in [0.3, 0.4) is 0 Å². The van der Waals surface area contributed by atoms with Crippen molar-refractivity contribution in [1.29, 1.82) is 0 Å². The number of β-amino-alcohol motifs (C(OH)–C–C–N with tert-alkyl or cyclic N) is 1. The Morgan fingerprint density at radius 3 is 2.15 bits per heavy atom. The van der Waals surface area contributed by atoms with E-state index in [-0.39, 0.29) is 156 Å². The maximum absolute atomic E-state index is 13.9. The number of aliphatic hydroxyl groups excluding tert-OH is 1. The Labute approximate surface area is 615 Å². The number of aliphatic hydroxyl groups is 1. The van der Waals surface area contributed by atoms with E-state index in [1.54, 1.807) is 34.1 Å². The number of nitrogens with zero attached hydrogens (tertiary/aromatic N) is 7. The van der Waals surface area contributed by atoms with Crippen molar-refractivity contribution in [2.45, 2.75) is 142 Å². The fourth-order valence-electron chi connectivity index (χ4n) is 13.1. The number of carbonyl (C=O) groups excluding carboxylic acids is 10. The first-order chi connectivity index (χ1) is 50.6. The Morgan fingerprint density at radius 1 is 0.733 bits per heavy atom. The van der Waals surface area contributed by atoms with Gasteiger partial charge in [0.15, 0.2) is 17.3 Å². The number of thiazole rings is 1. The van der Waals surface area contributed by atoms with E-state index in [0.29, 0.717) is 94.9 Å². The van der Waals surface area contributed by atoms with E-state index in [1.165, 1.54) is 23.2 Å². The van der Waals surface area contributed by atoms with Gasteiger partial charge in [-0.25, -0.2) is 15.0 Å². The number of pyridine rings is 1. The molecule has 1 saturated carbocycles. The van der Waals surface area contributed by atoms with Gasteiger partial charge in [-0.2, -0.15) is 0 Å². The number of nitrogen functional groups attached to an aromatic ring is 1. The normalized spacial score (nSPS) is 18.1. The Kier molecular flexibility index (Phi) is 30.0. The molecule has 0 spiro atoms. The van der Waals surface area contributed by atoms with Crippen molar-refractivity contribution in [1.82, 2.24) is 61.6 Å². The van der Waals surface area contributed by atoms with E-state index < -0.39 is 47.4 Å². The average molecular weight is 1470 g/mol. The Morgan fingerprint density at radius 2 is 1.44 bits per heavy atom. The number of morpholine rings is 1. The van der Waals surface area contributed by atoms with Crippen molar-refractivity contribution in [2.75, 3.05) is 108 Å². The SMILES string of the molecule is Cc1ncsc1-c1ccc(CNC(=O)[C@@H]2C[C@@H](O)CN2CC(=O)[C@@H](NC(=O)CCOCCOCCNC(=O)CCC(NC(=O)CCCCCNC(=O)C2CCC(CN3C(=O)C=CC3=O)CC2)C(=O)NCCc2ccc(-c3cnc(N)c(C(=O)Nc4cnccc4N4CCOCC4)n3)cc2)C(C)(C)C)cc1. The summed E-state index contributed by atoms with van der Waals surface area (Å²) in [5.41, 5.74) is 13.4. The topological polar surface area (TPSA) is 390 Å². The van der Waals surface area contributed by atoms with E-state index in [9.17, 15) is 53.1 Å². The molecule has 4 atom stereocenters. The lowest BCUT2D eigenvalue weighted by atomic mass is 9.81. The van der Waals surface area contributed by atoms with Crippen molar-refractivity contribution in [3.63, 3.8) is 0 Å². The van der Waals surface area contributed by atoms with Crippen molar-refractivity contribution in [2.24, 2.45) is 17.3 Å². The summed E-state index contributed by atoms with van der Waals surface area (Å²) in [7, 11) is 0. The second-order valence-electron chi connectivity index (χ2n) is 27.9. The molecule has 3 aliphatic heterocycles. The van der Waals surface area contributed by atoms with Gasteiger partial charge in [-0.15, -0.1) is 11.3 Å². The monoisotopic (exact) mass is 1470 g/mol. The third-order valence-electron chi connectivity index (χ3n) is 19.0. The summed E-state index contributed by atoms with van der Waals surface area (Å²) >= 11 is 1.56. The number of hydrogen-bond donors (Lipinski definition) is 9. The predicted octanol–water partition coefficient (Wildman–Crippen LogP) is 4.36. The minimum atomic E-state index is -1.04. The first kappa shape index (κ1) is 79.7. The zero-order valence-electron chi connectivity index (χ0n) is 60.3. The highest BCUT2D eigenvalue weighted by atomic mass is 32.1. The highest BCUT2D eigenvalue weighted by Crippen LogP contribution is 2.32. The van der Waals surface area contributed by atoms with Gasteiger partial charge in [0.1, 0.15) is 6.04 Å². The van der Waals surface area contributed by atoms with E-state index in [0.717, 1.165) is 45.8 Å². The number of unbranched alkanes of at least 4 members (excludes halogenated alkanes) is 2. The van der Waals surface area contributed by atoms with Crippen LogP contribution in [0.5, 0.6) is 0 Å². The molecule has 4 aliphatic rings. The maximum Gasteiger partial charge on any atom is 0.278 e. The van der Waals surface area contributed by atoms with E-state index in [2.05, 4.69) is 62.1 Å². The van der Waals surface area contributed by atoms with Crippen molar-refractivity contribution < 1.29 is 67.3 Å².